The van der Waals surface area contributed by atoms with Crippen molar-refractivity contribution in [2.24, 2.45) is 0 Å². The van der Waals surface area contributed by atoms with E-state index in [1.54, 1.807) is 6.07 Å². The first-order valence-corrected chi connectivity index (χ1v) is 6.59. The predicted molar refractivity (Wildman–Crippen MR) is 68.5 cm³/mol. The summed E-state index contributed by atoms with van der Waals surface area (Å²) < 4.78 is 44.2. The molecule has 1 aromatic rings. The van der Waals surface area contributed by atoms with Crippen molar-refractivity contribution in [3.05, 3.63) is 35.4 Å². The summed E-state index contributed by atoms with van der Waals surface area (Å²) in [5.41, 5.74) is -0.499. The molecule has 1 unspecified atom stereocenters. The Labute approximate surface area is 116 Å². The number of alkyl halides is 3. The first-order valence-electron chi connectivity index (χ1n) is 6.59. The van der Waals surface area contributed by atoms with Gasteiger partial charge in [-0.25, -0.2) is 0 Å². The van der Waals surface area contributed by atoms with Crippen LogP contribution in [0.15, 0.2) is 24.3 Å². The number of ether oxygens (including phenoxy) is 1. The van der Waals surface area contributed by atoms with Gasteiger partial charge in [-0.05, 0) is 11.6 Å². The number of rotatable bonds is 4. The van der Waals surface area contributed by atoms with E-state index < -0.39 is 17.7 Å². The van der Waals surface area contributed by atoms with Gasteiger partial charge in [0.15, 0.2) is 0 Å². The number of hydrogen-bond acceptors (Lipinski definition) is 3. The third kappa shape index (κ3) is 3.71. The molecular formula is C14H18F3NO2. The molecule has 1 saturated heterocycles. The molecule has 1 aliphatic rings. The lowest BCUT2D eigenvalue weighted by atomic mass is 9.93. The van der Waals surface area contributed by atoms with Gasteiger partial charge in [-0.3, -0.25) is 4.90 Å². The maximum atomic E-state index is 13.0. The largest absolute Gasteiger partial charge is 0.416 e. The van der Waals surface area contributed by atoms with Gasteiger partial charge in [0.25, 0.3) is 0 Å². The zero-order valence-electron chi connectivity index (χ0n) is 11.1. The number of aliphatic hydroxyl groups excluding tert-OH is 1. The minimum atomic E-state index is -4.39. The molecule has 0 saturated carbocycles. The Morgan fingerprint density at radius 2 is 1.85 bits per heavy atom. The minimum Gasteiger partial charge on any atom is -0.396 e. The molecule has 0 amide bonds. The maximum absolute atomic E-state index is 13.0. The number of morpholine rings is 1. The Bertz CT molecular complexity index is 431. The molecule has 0 bridgehead atoms. The number of hydrogen-bond donors (Lipinski definition) is 1. The topological polar surface area (TPSA) is 32.7 Å². The molecule has 20 heavy (non-hydrogen) atoms. The molecule has 1 fully saturated rings. The molecule has 1 N–H and O–H groups in total. The maximum Gasteiger partial charge on any atom is 0.416 e. The van der Waals surface area contributed by atoms with Gasteiger partial charge in [-0.15, -0.1) is 0 Å². The van der Waals surface area contributed by atoms with E-state index in [0.717, 1.165) is 6.07 Å². The predicted octanol–water partition coefficient (Wildman–Crippen LogP) is 2.11. The molecule has 0 radical (unpaired) electrons. The van der Waals surface area contributed by atoms with Gasteiger partial charge in [-0.1, -0.05) is 18.2 Å². The van der Waals surface area contributed by atoms with Crippen LogP contribution in [-0.2, 0) is 10.9 Å². The molecule has 6 heteroatoms. The summed E-state index contributed by atoms with van der Waals surface area (Å²) in [7, 11) is 0. The van der Waals surface area contributed by atoms with E-state index in [0.29, 0.717) is 32.8 Å². The highest BCUT2D eigenvalue weighted by Gasteiger charge is 2.35. The highest BCUT2D eigenvalue weighted by atomic mass is 19.4. The SMILES string of the molecule is OCC(CN1CCOCC1)c1ccccc1C(F)(F)F. The van der Waals surface area contributed by atoms with Gasteiger partial charge in [0.1, 0.15) is 0 Å². The third-order valence-electron chi connectivity index (χ3n) is 3.51. The van der Waals surface area contributed by atoms with Crippen LogP contribution in [0, 0.1) is 0 Å². The van der Waals surface area contributed by atoms with E-state index in [-0.39, 0.29) is 12.2 Å². The molecule has 1 heterocycles. The Morgan fingerprint density at radius 1 is 1.20 bits per heavy atom. The lowest BCUT2D eigenvalue weighted by Crippen LogP contribution is -2.39. The van der Waals surface area contributed by atoms with E-state index in [4.69, 9.17) is 4.74 Å². The first kappa shape index (κ1) is 15.3. The molecule has 0 aromatic heterocycles. The van der Waals surface area contributed by atoms with Crippen LogP contribution in [0.2, 0.25) is 0 Å². The summed E-state index contributed by atoms with van der Waals surface area (Å²) in [6, 6.07) is 5.46. The summed E-state index contributed by atoms with van der Waals surface area (Å²) in [5, 5.41) is 9.48. The Balaban J connectivity index is 2.18. The standard InChI is InChI=1S/C14H18F3NO2/c15-14(16,17)13-4-2-1-3-12(13)11(10-19)9-18-5-7-20-8-6-18/h1-4,11,19H,5-10H2. The minimum absolute atomic E-state index is 0.161. The van der Waals surface area contributed by atoms with Crippen molar-refractivity contribution in [3.63, 3.8) is 0 Å². The van der Waals surface area contributed by atoms with Crippen molar-refractivity contribution < 1.29 is 23.0 Å². The average Bonchev–Trinajstić information content (AvgIpc) is 2.45. The fourth-order valence-corrected chi connectivity index (χ4v) is 2.46. The fraction of sp³-hybridized carbons (Fsp3) is 0.571. The molecule has 1 aliphatic heterocycles. The van der Waals surface area contributed by atoms with Crippen LogP contribution in [-0.4, -0.2) is 49.5 Å². The van der Waals surface area contributed by atoms with E-state index in [1.807, 2.05) is 4.90 Å². The van der Waals surface area contributed by atoms with Gasteiger partial charge < -0.3 is 9.84 Å². The molecule has 112 valence electrons. The van der Waals surface area contributed by atoms with Crippen molar-refractivity contribution in [2.45, 2.75) is 12.1 Å². The van der Waals surface area contributed by atoms with E-state index >= 15 is 0 Å². The number of aliphatic hydroxyl groups is 1. The van der Waals surface area contributed by atoms with E-state index in [9.17, 15) is 18.3 Å². The van der Waals surface area contributed by atoms with Crippen LogP contribution in [0.3, 0.4) is 0 Å². The monoisotopic (exact) mass is 289 g/mol. The molecule has 1 atom stereocenters. The average molecular weight is 289 g/mol. The second-order valence-electron chi connectivity index (χ2n) is 4.88. The second-order valence-corrected chi connectivity index (χ2v) is 4.88. The van der Waals surface area contributed by atoms with Crippen molar-refractivity contribution in [1.82, 2.24) is 4.90 Å². The molecule has 0 spiro atoms. The summed E-state index contributed by atoms with van der Waals surface area (Å²) in [6.45, 7) is 2.64. The number of benzene rings is 1. The number of nitrogens with zero attached hydrogens (tertiary/aromatic N) is 1. The molecule has 1 aromatic carbocycles. The van der Waals surface area contributed by atoms with Crippen LogP contribution in [0.5, 0.6) is 0 Å². The Hall–Kier alpha value is -1.11. The summed E-state index contributed by atoms with van der Waals surface area (Å²) in [4.78, 5) is 2.03. The van der Waals surface area contributed by atoms with E-state index in [1.165, 1.54) is 12.1 Å². The first-order chi connectivity index (χ1) is 9.52. The normalized spacial score (nSPS) is 19.0. The summed E-state index contributed by atoms with van der Waals surface area (Å²) in [6.07, 6.45) is -4.39. The molecular weight excluding hydrogens is 271 g/mol. The van der Waals surface area contributed by atoms with Crippen LogP contribution >= 0.6 is 0 Å². The molecule has 3 nitrogen and oxygen atoms in total. The zero-order chi connectivity index (χ0) is 14.6. The van der Waals surface area contributed by atoms with Crippen molar-refractivity contribution >= 4 is 0 Å². The molecule has 2 rings (SSSR count). The highest BCUT2D eigenvalue weighted by molar-refractivity contribution is 5.33. The van der Waals surface area contributed by atoms with Crippen LogP contribution in [0.25, 0.3) is 0 Å². The van der Waals surface area contributed by atoms with E-state index in [2.05, 4.69) is 0 Å². The Morgan fingerprint density at radius 3 is 2.45 bits per heavy atom. The van der Waals surface area contributed by atoms with Gasteiger partial charge in [0.05, 0.1) is 25.4 Å². The van der Waals surface area contributed by atoms with Crippen LogP contribution in [0.1, 0.15) is 17.0 Å². The zero-order valence-corrected chi connectivity index (χ0v) is 11.1. The molecule has 0 aliphatic carbocycles. The van der Waals surface area contributed by atoms with Gasteiger partial charge >= 0.3 is 6.18 Å². The van der Waals surface area contributed by atoms with Gasteiger partial charge in [0, 0.05) is 25.6 Å². The third-order valence-corrected chi connectivity index (χ3v) is 3.51. The second kappa shape index (κ2) is 6.56. The van der Waals surface area contributed by atoms with Crippen molar-refractivity contribution in [1.29, 1.82) is 0 Å². The van der Waals surface area contributed by atoms with Crippen molar-refractivity contribution in [3.8, 4) is 0 Å². The fourth-order valence-electron chi connectivity index (χ4n) is 2.46. The Kier molecular flexibility index (Phi) is 5.01. The summed E-state index contributed by atoms with van der Waals surface area (Å²) >= 11 is 0. The summed E-state index contributed by atoms with van der Waals surface area (Å²) in [5.74, 6) is -0.536. The van der Waals surface area contributed by atoms with Crippen molar-refractivity contribution in [2.75, 3.05) is 39.5 Å². The lowest BCUT2D eigenvalue weighted by molar-refractivity contribution is -0.138. The van der Waals surface area contributed by atoms with Crippen LogP contribution in [0.4, 0.5) is 13.2 Å². The van der Waals surface area contributed by atoms with Gasteiger partial charge in [-0.2, -0.15) is 13.2 Å². The number of halogens is 3. The lowest BCUT2D eigenvalue weighted by Gasteiger charge is -2.30. The van der Waals surface area contributed by atoms with Gasteiger partial charge in [0.2, 0.25) is 0 Å². The highest BCUT2D eigenvalue weighted by Crippen LogP contribution is 2.35. The smallest absolute Gasteiger partial charge is 0.396 e. The quantitative estimate of drug-likeness (QED) is 0.921. The van der Waals surface area contributed by atoms with Crippen LogP contribution < -0.4 is 0 Å².